The van der Waals surface area contributed by atoms with Crippen LogP contribution in [0.5, 0.6) is 0 Å². The molecule has 0 N–H and O–H groups in total. The highest BCUT2D eigenvalue weighted by atomic mass is 15.0. The molecule has 3 nitrogen and oxygen atoms in total. The Bertz CT molecular complexity index is 350. The number of imidazole rings is 1. The van der Waals surface area contributed by atoms with Gasteiger partial charge in [-0.3, -0.25) is 4.40 Å². The average molecular weight is 132 g/mol. The summed E-state index contributed by atoms with van der Waals surface area (Å²) in [7, 11) is 0. The predicted octanol–water partition coefficient (Wildman–Crippen LogP) is 0.911. The summed E-state index contributed by atoms with van der Waals surface area (Å²) in [5.41, 5.74) is 1.61. The highest BCUT2D eigenvalue weighted by molar-refractivity contribution is 5.35. The molecular weight excluding hydrogens is 126 g/mol. The first-order valence-electron chi connectivity index (χ1n) is 2.97. The molecule has 3 heteroatoms. The molecule has 0 atom stereocenters. The van der Waals surface area contributed by atoms with Crippen molar-refractivity contribution >= 4 is 5.65 Å². The van der Waals surface area contributed by atoms with Crippen LogP contribution in [-0.4, -0.2) is 14.4 Å². The summed E-state index contributed by atoms with van der Waals surface area (Å²) in [6, 6.07) is 1.84. The van der Waals surface area contributed by atoms with Crippen molar-refractivity contribution in [3.05, 3.63) is 37.4 Å². The molecule has 0 saturated carbocycles. The molecule has 1 radical (unpaired) electrons. The Labute approximate surface area is 58.4 Å². The van der Waals surface area contributed by atoms with Crippen LogP contribution in [0.25, 0.3) is 5.65 Å². The number of aromatic nitrogens is 3. The van der Waals surface area contributed by atoms with Crippen molar-refractivity contribution in [2.24, 2.45) is 0 Å². The molecule has 0 amide bonds. The van der Waals surface area contributed by atoms with Gasteiger partial charge in [-0.2, -0.15) is 0 Å². The molecule has 0 aromatic carbocycles. The van der Waals surface area contributed by atoms with Crippen LogP contribution in [0.4, 0.5) is 0 Å². The van der Waals surface area contributed by atoms with Crippen molar-refractivity contribution in [3.63, 3.8) is 0 Å². The first-order valence-corrected chi connectivity index (χ1v) is 2.97. The molecule has 0 fully saturated rings. The Morgan fingerprint density at radius 2 is 2.40 bits per heavy atom. The van der Waals surface area contributed by atoms with Crippen molar-refractivity contribution in [2.75, 3.05) is 0 Å². The predicted molar refractivity (Wildman–Crippen MR) is 37.4 cm³/mol. The molecule has 49 valence electrons. The van der Waals surface area contributed by atoms with Crippen LogP contribution in [-0.2, 0) is 0 Å². The number of rotatable bonds is 0. The van der Waals surface area contributed by atoms with E-state index < -0.39 is 0 Å². The molecule has 10 heavy (non-hydrogen) atoms. The summed E-state index contributed by atoms with van der Waals surface area (Å²) in [6.07, 6.45) is 5.30. The summed E-state index contributed by atoms with van der Waals surface area (Å²) < 4.78 is 1.84. The van der Waals surface area contributed by atoms with Gasteiger partial charge in [0.15, 0.2) is 5.65 Å². The van der Waals surface area contributed by atoms with Crippen LogP contribution < -0.4 is 0 Å². The third kappa shape index (κ3) is 0.673. The molecule has 2 aromatic heterocycles. The largest absolute Gasteiger partial charge is 0.291 e. The van der Waals surface area contributed by atoms with E-state index in [9.17, 15) is 0 Å². The van der Waals surface area contributed by atoms with Crippen LogP contribution >= 0.6 is 0 Å². The summed E-state index contributed by atoms with van der Waals surface area (Å²) in [6.45, 7) is 3.70. The molecule has 2 rings (SSSR count). The maximum atomic E-state index is 4.12. The van der Waals surface area contributed by atoms with Gasteiger partial charge in [-0.25, -0.2) is 9.97 Å². The summed E-state index contributed by atoms with van der Waals surface area (Å²) in [4.78, 5) is 8.04. The topological polar surface area (TPSA) is 30.2 Å². The Morgan fingerprint density at radius 1 is 1.50 bits per heavy atom. The maximum absolute atomic E-state index is 4.12. The SMILES string of the molecule is [CH2]c1ccn2cncc2n1. The van der Waals surface area contributed by atoms with E-state index in [0.29, 0.717) is 0 Å². The van der Waals surface area contributed by atoms with E-state index >= 15 is 0 Å². The van der Waals surface area contributed by atoms with Crippen molar-refractivity contribution in [1.29, 1.82) is 0 Å². The second-order valence-corrected chi connectivity index (χ2v) is 2.08. The standard InChI is InChI=1S/C7H6N3/c1-6-2-3-10-5-8-4-7(10)9-6/h2-5H,1H2. The third-order valence-corrected chi connectivity index (χ3v) is 1.33. The van der Waals surface area contributed by atoms with Crippen LogP contribution in [0, 0.1) is 6.92 Å². The van der Waals surface area contributed by atoms with Crippen molar-refractivity contribution in [1.82, 2.24) is 14.4 Å². The average Bonchev–Trinajstić information content (AvgIpc) is 2.33. The fourth-order valence-electron chi connectivity index (χ4n) is 0.850. The fourth-order valence-corrected chi connectivity index (χ4v) is 0.850. The second-order valence-electron chi connectivity index (χ2n) is 2.08. The quantitative estimate of drug-likeness (QED) is 0.533. The van der Waals surface area contributed by atoms with E-state index in [0.717, 1.165) is 11.3 Å². The van der Waals surface area contributed by atoms with Crippen LogP contribution in [0.3, 0.4) is 0 Å². The van der Waals surface area contributed by atoms with Crippen LogP contribution in [0.2, 0.25) is 0 Å². The Morgan fingerprint density at radius 3 is 3.30 bits per heavy atom. The Balaban J connectivity index is 2.86. The zero-order chi connectivity index (χ0) is 6.97. The maximum Gasteiger partial charge on any atom is 0.156 e. The van der Waals surface area contributed by atoms with Gasteiger partial charge in [0.25, 0.3) is 0 Å². The minimum Gasteiger partial charge on any atom is -0.291 e. The number of hydrogen-bond donors (Lipinski definition) is 0. The molecule has 0 aliphatic heterocycles. The van der Waals surface area contributed by atoms with E-state index in [2.05, 4.69) is 16.9 Å². The molecule has 0 aliphatic carbocycles. The van der Waals surface area contributed by atoms with Gasteiger partial charge in [-0.15, -0.1) is 0 Å². The van der Waals surface area contributed by atoms with E-state index in [1.165, 1.54) is 0 Å². The lowest BCUT2D eigenvalue weighted by Gasteiger charge is -1.91. The molecule has 0 saturated heterocycles. The highest BCUT2D eigenvalue weighted by Gasteiger charge is 1.91. The van der Waals surface area contributed by atoms with Gasteiger partial charge in [0, 0.05) is 11.9 Å². The van der Waals surface area contributed by atoms with E-state index in [1.807, 2.05) is 16.7 Å². The number of hydrogen-bond acceptors (Lipinski definition) is 2. The highest BCUT2D eigenvalue weighted by Crippen LogP contribution is 1.98. The molecule has 0 bridgehead atoms. The summed E-state index contributed by atoms with van der Waals surface area (Å²) >= 11 is 0. The van der Waals surface area contributed by atoms with E-state index in [1.54, 1.807) is 12.5 Å². The van der Waals surface area contributed by atoms with Crippen LogP contribution in [0.15, 0.2) is 24.8 Å². The van der Waals surface area contributed by atoms with Gasteiger partial charge >= 0.3 is 0 Å². The normalized spacial score (nSPS) is 10.5. The van der Waals surface area contributed by atoms with Gasteiger partial charge in [-0.1, -0.05) is 0 Å². The lowest BCUT2D eigenvalue weighted by Crippen LogP contribution is -1.86. The molecule has 2 heterocycles. The van der Waals surface area contributed by atoms with Gasteiger partial charge in [0.2, 0.25) is 0 Å². The zero-order valence-corrected chi connectivity index (χ0v) is 5.36. The summed E-state index contributed by atoms with van der Waals surface area (Å²) in [5, 5.41) is 0. The van der Waals surface area contributed by atoms with E-state index in [-0.39, 0.29) is 0 Å². The Kier molecular flexibility index (Phi) is 0.974. The minimum atomic E-state index is 0.771. The fraction of sp³-hybridized carbons (Fsp3) is 0. The lowest BCUT2D eigenvalue weighted by atomic mass is 10.4. The smallest absolute Gasteiger partial charge is 0.156 e. The molecular formula is C7H6N3. The van der Waals surface area contributed by atoms with Crippen LogP contribution in [0.1, 0.15) is 5.69 Å². The number of fused-ring (bicyclic) bond motifs is 1. The van der Waals surface area contributed by atoms with Crippen molar-refractivity contribution < 1.29 is 0 Å². The monoisotopic (exact) mass is 132 g/mol. The molecule has 0 unspecified atom stereocenters. The molecule has 2 aromatic rings. The van der Waals surface area contributed by atoms with Gasteiger partial charge in [0.05, 0.1) is 6.20 Å². The van der Waals surface area contributed by atoms with Gasteiger partial charge in [0.1, 0.15) is 6.33 Å². The van der Waals surface area contributed by atoms with Gasteiger partial charge < -0.3 is 0 Å². The van der Waals surface area contributed by atoms with E-state index in [4.69, 9.17) is 0 Å². The van der Waals surface area contributed by atoms with Crippen molar-refractivity contribution in [2.45, 2.75) is 0 Å². The lowest BCUT2D eigenvalue weighted by molar-refractivity contribution is 1.10. The first kappa shape index (κ1) is 5.41. The zero-order valence-electron chi connectivity index (χ0n) is 5.36. The molecule has 0 aliphatic rings. The molecule has 0 spiro atoms. The van der Waals surface area contributed by atoms with Gasteiger partial charge in [-0.05, 0) is 13.0 Å². The summed E-state index contributed by atoms with van der Waals surface area (Å²) in [5.74, 6) is 0. The number of nitrogens with zero attached hydrogens (tertiary/aromatic N) is 3. The third-order valence-electron chi connectivity index (χ3n) is 1.33. The first-order chi connectivity index (χ1) is 4.86. The van der Waals surface area contributed by atoms with Crippen molar-refractivity contribution in [3.8, 4) is 0 Å². The second kappa shape index (κ2) is 1.80. The minimum absolute atomic E-state index is 0.771. The Hall–Kier alpha value is -1.38.